The Morgan fingerprint density at radius 1 is 1.07 bits per heavy atom. The largest absolute Gasteiger partial charge is 0.481 e. The number of anilines is 1. The summed E-state index contributed by atoms with van der Waals surface area (Å²) in [4.78, 5) is 23.8. The maximum Gasteiger partial charge on any atom is 0.307 e. The molecule has 0 aliphatic carbocycles. The molecule has 0 radical (unpaired) electrons. The van der Waals surface area contributed by atoms with Crippen LogP contribution >= 0.6 is 0 Å². The van der Waals surface area contributed by atoms with E-state index in [1.165, 1.54) is 24.3 Å². The van der Waals surface area contributed by atoms with Gasteiger partial charge in [-0.1, -0.05) is 18.2 Å². The van der Waals surface area contributed by atoms with E-state index >= 15 is 0 Å². The van der Waals surface area contributed by atoms with E-state index < -0.39 is 29.4 Å². The van der Waals surface area contributed by atoms with Gasteiger partial charge in [-0.05, 0) is 48.2 Å². The Labute approximate surface area is 155 Å². The number of rotatable bonds is 5. The molecule has 0 bridgehead atoms. The highest BCUT2D eigenvalue weighted by molar-refractivity contribution is 5.99. The summed E-state index contributed by atoms with van der Waals surface area (Å²) in [7, 11) is 0. The third-order valence-corrected chi connectivity index (χ3v) is 4.83. The van der Waals surface area contributed by atoms with Crippen LogP contribution < -0.4 is 5.32 Å². The van der Waals surface area contributed by atoms with Gasteiger partial charge in [-0.25, -0.2) is 8.78 Å². The van der Waals surface area contributed by atoms with Crippen LogP contribution in [0.25, 0.3) is 0 Å². The fourth-order valence-corrected chi connectivity index (χ4v) is 3.32. The van der Waals surface area contributed by atoms with Crippen LogP contribution in [0.4, 0.5) is 14.5 Å². The molecule has 1 heterocycles. The zero-order chi connectivity index (χ0) is 19.4. The summed E-state index contributed by atoms with van der Waals surface area (Å²) in [6.07, 6.45) is 0.408. The Balaban J connectivity index is 1.86. The van der Waals surface area contributed by atoms with E-state index in [0.717, 1.165) is 6.07 Å². The Bertz CT molecular complexity index is 846. The van der Waals surface area contributed by atoms with Crippen molar-refractivity contribution in [3.63, 3.8) is 0 Å². The number of carboxylic acids is 1. The van der Waals surface area contributed by atoms with E-state index in [1.54, 1.807) is 12.1 Å². The lowest BCUT2D eigenvalue weighted by molar-refractivity contribution is -0.136. The number of carbonyl (C=O) groups is 2. The van der Waals surface area contributed by atoms with Crippen molar-refractivity contribution in [2.75, 3.05) is 18.5 Å². The maximum absolute atomic E-state index is 14.1. The number of benzene rings is 2. The fourth-order valence-electron chi connectivity index (χ4n) is 3.32. The first kappa shape index (κ1) is 19.0. The molecule has 2 N–H and O–H groups in total. The highest BCUT2D eigenvalue weighted by Crippen LogP contribution is 2.36. The van der Waals surface area contributed by atoms with Gasteiger partial charge in [-0.15, -0.1) is 0 Å². The Hall–Kier alpha value is -2.80. The molecular weight excluding hydrogens is 356 g/mol. The summed E-state index contributed by atoms with van der Waals surface area (Å²) in [5, 5.41) is 11.5. The van der Waals surface area contributed by atoms with Crippen molar-refractivity contribution < 1.29 is 28.2 Å². The van der Waals surface area contributed by atoms with Gasteiger partial charge in [0.25, 0.3) is 0 Å². The monoisotopic (exact) mass is 375 g/mol. The van der Waals surface area contributed by atoms with Crippen molar-refractivity contribution in [2.24, 2.45) is 0 Å². The molecular formula is C20H19F2NO4. The third-order valence-electron chi connectivity index (χ3n) is 4.83. The lowest BCUT2D eigenvalue weighted by Gasteiger charge is -2.36. The van der Waals surface area contributed by atoms with Crippen molar-refractivity contribution in [1.29, 1.82) is 0 Å². The third kappa shape index (κ3) is 4.14. The first-order valence-electron chi connectivity index (χ1n) is 8.56. The number of hydrogen-bond acceptors (Lipinski definition) is 3. The zero-order valence-corrected chi connectivity index (χ0v) is 14.5. The minimum Gasteiger partial charge on any atom is -0.481 e. The molecule has 1 amide bonds. The van der Waals surface area contributed by atoms with Crippen molar-refractivity contribution in [3.8, 4) is 0 Å². The van der Waals surface area contributed by atoms with E-state index in [2.05, 4.69) is 5.32 Å². The van der Waals surface area contributed by atoms with Gasteiger partial charge < -0.3 is 15.2 Å². The maximum atomic E-state index is 14.1. The molecule has 1 aliphatic rings. The predicted octanol–water partition coefficient (Wildman–Crippen LogP) is 3.28. The van der Waals surface area contributed by atoms with Gasteiger partial charge in [0.2, 0.25) is 5.91 Å². The minimum absolute atomic E-state index is 0.0415. The number of aliphatic carboxylic acids is 1. The number of carboxylic acid groups (broad SMARTS) is 1. The normalized spacial score (nSPS) is 15.9. The highest BCUT2D eigenvalue weighted by atomic mass is 19.1. The average Bonchev–Trinajstić information content (AvgIpc) is 2.65. The molecule has 5 nitrogen and oxygen atoms in total. The zero-order valence-electron chi connectivity index (χ0n) is 14.5. The van der Waals surface area contributed by atoms with Gasteiger partial charge in [-0.2, -0.15) is 0 Å². The molecule has 1 saturated heterocycles. The molecule has 7 heteroatoms. The molecule has 2 aromatic rings. The van der Waals surface area contributed by atoms with Crippen LogP contribution in [0.5, 0.6) is 0 Å². The van der Waals surface area contributed by atoms with Gasteiger partial charge in [0.15, 0.2) is 0 Å². The standard InChI is InChI=1S/C20H19F2NO4/c21-15-4-2-14(3-5-15)20(7-9-27-10-8-20)19(26)23-16-6-1-13(11-18(24)25)17(22)12-16/h1-6,12H,7-11H2,(H,23,26)(H,24,25). The van der Waals surface area contributed by atoms with Gasteiger partial charge in [0.05, 0.1) is 11.8 Å². The van der Waals surface area contributed by atoms with Crippen LogP contribution in [0.3, 0.4) is 0 Å². The Kier molecular flexibility index (Phi) is 5.51. The van der Waals surface area contributed by atoms with E-state index in [9.17, 15) is 18.4 Å². The lowest BCUT2D eigenvalue weighted by atomic mass is 9.73. The van der Waals surface area contributed by atoms with Gasteiger partial charge >= 0.3 is 5.97 Å². The molecule has 0 spiro atoms. The molecule has 27 heavy (non-hydrogen) atoms. The van der Waals surface area contributed by atoms with E-state index in [-0.39, 0.29) is 17.2 Å². The molecule has 142 valence electrons. The second-order valence-electron chi connectivity index (χ2n) is 6.53. The molecule has 3 rings (SSSR count). The van der Waals surface area contributed by atoms with Gasteiger partial charge in [-0.3, -0.25) is 9.59 Å². The number of carbonyl (C=O) groups excluding carboxylic acids is 1. The smallest absolute Gasteiger partial charge is 0.307 e. The minimum atomic E-state index is -1.14. The quantitative estimate of drug-likeness (QED) is 0.841. The molecule has 0 unspecified atom stereocenters. The van der Waals surface area contributed by atoms with E-state index in [1.807, 2.05) is 0 Å². The predicted molar refractivity (Wildman–Crippen MR) is 94.5 cm³/mol. The van der Waals surface area contributed by atoms with Crippen LogP contribution in [0.2, 0.25) is 0 Å². The van der Waals surface area contributed by atoms with Crippen molar-refractivity contribution >= 4 is 17.6 Å². The lowest BCUT2D eigenvalue weighted by Crippen LogP contribution is -2.44. The highest BCUT2D eigenvalue weighted by Gasteiger charge is 2.41. The molecule has 0 aromatic heterocycles. The topological polar surface area (TPSA) is 75.6 Å². The van der Waals surface area contributed by atoms with E-state index in [0.29, 0.717) is 31.6 Å². The summed E-state index contributed by atoms with van der Waals surface area (Å²) in [5.41, 5.74) is 0.0504. The summed E-state index contributed by atoms with van der Waals surface area (Å²) >= 11 is 0. The first-order valence-corrected chi connectivity index (χ1v) is 8.56. The number of nitrogens with one attached hydrogen (secondary N) is 1. The number of halogens is 2. The second-order valence-corrected chi connectivity index (χ2v) is 6.53. The van der Waals surface area contributed by atoms with Crippen LogP contribution in [0.1, 0.15) is 24.0 Å². The summed E-state index contributed by atoms with van der Waals surface area (Å²) < 4.78 is 32.8. The summed E-state index contributed by atoms with van der Waals surface area (Å²) in [5.74, 6) is -2.55. The molecule has 2 aromatic carbocycles. The Morgan fingerprint density at radius 2 is 1.74 bits per heavy atom. The SMILES string of the molecule is O=C(O)Cc1ccc(NC(=O)C2(c3ccc(F)cc3)CCOCC2)cc1F. The van der Waals surface area contributed by atoms with E-state index in [4.69, 9.17) is 9.84 Å². The Morgan fingerprint density at radius 3 is 2.33 bits per heavy atom. The number of amides is 1. The van der Waals surface area contributed by atoms with Crippen molar-refractivity contribution in [3.05, 3.63) is 65.2 Å². The van der Waals surface area contributed by atoms with Crippen molar-refractivity contribution in [2.45, 2.75) is 24.7 Å². The molecule has 0 atom stereocenters. The molecule has 1 aliphatic heterocycles. The van der Waals surface area contributed by atoms with Gasteiger partial charge in [0.1, 0.15) is 11.6 Å². The number of hydrogen-bond donors (Lipinski definition) is 2. The van der Waals surface area contributed by atoms with Crippen LogP contribution in [0, 0.1) is 11.6 Å². The number of ether oxygens (including phenoxy) is 1. The van der Waals surface area contributed by atoms with Crippen LogP contribution in [-0.2, 0) is 26.2 Å². The van der Waals surface area contributed by atoms with Crippen LogP contribution in [-0.4, -0.2) is 30.2 Å². The first-order chi connectivity index (χ1) is 12.9. The van der Waals surface area contributed by atoms with Crippen molar-refractivity contribution in [1.82, 2.24) is 0 Å². The van der Waals surface area contributed by atoms with Crippen LogP contribution in [0.15, 0.2) is 42.5 Å². The molecule has 1 fully saturated rings. The summed E-state index contributed by atoms with van der Waals surface area (Å²) in [6, 6.07) is 9.69. The van der Waals surface area contributed by atoms with Gasteiger partial charge in [0, 0.05) is 18.9 Å². The summed E-state index contributed by atoms with van der Waals surface area (Å²) in [6.45, 7) is 0.771. The average molecular weight is 375 g/mol. The second kappa shape index (κ2) is 7.84. The molecule has 0 saturated carbocycles. The fraction of sp³-hybridized carbons (Fsp3) is 0.300.